The van der Waals surface area contributed by atoms with E-state index in [0.717, 1.165) is 38.4 Å². The van der Waals surface area contributed by atoms with Gasteiger partial charge in [0.15, 0.2) is 0 Å². The summed E-state index contributed by atoms with van der Waals surface area (Å²) in [6.45, 7) is 0. The van der Waals surface area contributed by atoms with Crippen LogP contribution in [0.15, 0.2) is 121 Å². The standard InChI is InChI=1S/C34H20/c1-3-10-25(11-4-1)18-20-27-16-9-17-30-23-31-22-28-14-7-8-15-29(28)24-33(31)32(34(27)30)21-19-26-12-5-2-6-13-26/h1-17,22-24H. The molecule has 0 N–H and O–H groups in total. The molecule has 0 aliphatic carbocycles. The first-order valence-electron chi connectivity index (χ1n) is 11.4. The van der Waals surface area contributed by atoms with Crippen molar-refractivity contribution < 1.29 is 0 Å². The molecule has 0 bridgehead atoms. The molecule has 0 aromatic heterocycles. The van der Waals surface area contributed by atoms with Crippen LogP contribution >= 0.6 is 0 Å². The van der Waals surface area contributed by atoms with E-state index in [1.165, 1.54) is 16.2 Å². The fraction of sp³-hybridized carbons (Fsp3) is 0. The Morgan fingerprint density at radius 3 is 1.65 bits per heavy atom. The predicted octanol–water partition coefficient (Wildman–Crippen LogP) is 7.95. The maximum absolute atomic E-state index is 3.53. The molecule has 0 nitrogen and oxygen atoms in total. The minimum Gasteiger partial charge on any atom is -0.0622 e. The molecule has 0 unspecified atom stereocenters. The zero-order valence-corrected chi connectivity index (χ0v) is 18.5. The molecule has 6 aromatic carbocycles. The van der Waals surface area contributed by atoms with Crippen molar-refractivity contribution >= 4 is 32.3 Å². The molecule has 0 amide bonds. The Balaban J connectivity index is 1.68. The molecule has 0 saturated carbocycles. The number of benzene rings is 6. The van der Waals surface area contributed by atoms with Crippen molar-refractivity contribution in [2.75, 3.05) is 0 Å². The van der Waals surface area contributed by atoms with Crippen LogP contribution in [0.5, 0.6) is 0 Å². The van der Waals surface area contributed by atoms with Crippen LogP contribution in [0, 0.1) is 23.7 Å². The van der Waals surface area contributed by atoms with Gasteiger partial charge in [-0.3, -0.25) is 0 Å². The van der Waals surface area contributed by atoms with Gasteiger partial charge in [0, 0.05) is 27.6 Å². The zero-order valence-electron chi connectivity index (χ0n) is 18.5. The summed E-state index contributed by atoms with van der Waals surface area (Å²) in [5.74, 6) is 13.7. The predicted molar refractivity (Wildman–Crippen MR) is 144 cm³/mol. The van der Waals surface area contributed by atoms with Crippen LogP contribution in [0.3, 0.4) is 0 Å². The average molecular weight is 429 g/mol. The fourth-order valence-corrected chi connectivity index (χ4v) is 4.42. The van der Waals surface area contributed by atoms with Gasteiger partial charge in [-0.2, -0.15) is 0 Å². The normalized spacial score (nSPS) is 10.5. The number of hydrogen-bond acceptors (Lipinski definition) is 0. The largest absolute Gasteiger partial charge is 0.0622 e. The van der Waals surface area contributed by atoms with Crippen LogP contribution < -0.4 is 0 Å². The molecule has 6 rings (SSSR count). The highest BCUT2D eigenvalue weighted by molar-refractivity contribution is 6.10. The van der Waals surface area contributed by atoms with Gasteiger partial charge in [-0.1, -0.05) is 96.5 Å². The van der Waals surface area contributed by atoms with Gasteiger partial charge in [-0.25, -0.2) is 0 Å². The van der Waals surface area contributed by atoms with Crippen LogP contribution in [-0.4, -0.2) is 0 Å². The average Bonchev–Trinajstić information content (AvgIpc) is 2.90. The Morgan fingerprint density at radius 2 is 0.941 bits per heavy atom. The third-order valence-electron chi connectivity index (χ3n) is 6.07. The quantitative estimate of drug-likeness (QED) is 0.170. The molecule has 34 heavy (non-hydrogen) atoms. The van der Waals surface area contributed by atoms with E-state index < -0.39 is 0 Å². The van der Waals surface area contributed by atoms with Crippen molar-refractivity contribution in [2.45, 2.75) is 0 Å². The summed E-state index contributed by atoms with van der Waals surface area (Å²) < 4.78 is 0. The lowest BCUT2D eigenvalue weighted by molar-refractivity contribution is 1.64. The maximum atomic E-state index is 3.53. The first kappa shape index (κ1) is 19.9. The lowest BCUT2D eigenvalue weighted by Gasteiger charge is -2.11. The minimum atomic E-state index is 0.994. The summed E-state index contributed by atoms with van der Waals surface area (Å²) in [6.07, 6.45) is 0. The maximum Gasteiger partial charge on any atom is 0.0418 e. The van der Waals surface area contributed by atoms with Crippen LogP contribution in [0.1, 0.15) is 22.3 Å². The van der Waals surface area contributed by atoms with Crippen molar-refractivity contribution in [3.63, 3.8) is 0 Å². The number of rotatable bonds is 0. The second-order valence-corrected chi connectivity index (χ2v) is 8.31. The van der Waals surface area contributed by atoms with Gasteiger partial charge in [0.2, 0.25) is 0 Å². The summed E-state index contributed by atoms with van der Waals surface area (Å²) in [7, 11) is 0. The van der Waals surface area contributed by atoms with Crippen molar-refractivity contribution in [2.24, 2.45) is 0 Å². The third-order valence-corrected chi connectivity index (χ3v) is 6.07. The van der Waals surface area contributed by atoms with E-state index in [0.29, 0.717) is 0 Å². The van der Waals surface area contributed by atoms with Gasteiger partial charge in [0.05, 0.1) is 0 Å². The summed E-state index contributed by atoms with van der Waals surface area (Å²) in [6, 6.07) is 41.9. The van der Waals surface area contributed by atoms with E-state index in [1.54, 1.807) is 0 Å². The van der Waals surface area contributed by atoms with E-state index in [2.05, 4.69) is 84.3 Å². The summed E-state index contributed by atoms with van der Waals surface area (Å²) in [4.78, 5) is 0. The first-order valence-corrected chi connectivity index (χ1v) is 11.4. The van der Waals surface area contributed by atoms with E-state index in [9.17, 15) is 0 Å². The van der Waals surface area contributed by atoms with Crippen molar-refractivity contribution in [3.05, 3.63) is 144 Å². The Morgan fingerprint density at radius 1 is 0.382 bits per heavy atom. The second-order valence-electron chi connectivity index (χ2n) is 8.31. The summed E-state index contributed by atoms with van der Waals surface area (Å²) in [5.41, 5.74) is 4.03. The first-order chi connectivity index (χ1) is 16.8. The molecule has 0 saturated heterocycles. The van der Waals surface area contributed by atoms with Gasteiger partial charge < -0.3 is 0 Å². The van der Waals surface area contributed by atoms with Crippen LogP contribution in [0.25, 0.3) is 32.3 Å². The monoisotopic (exact) mass is 428 g/mol. The molecule has 0 heteroatoms. The lowest BCUT2D eigenvalue weighted by Crippen LogP contribution is -1.90. The van der Waals surface area contributed by atoms with Crippen LogP contribution in [0.2, 0.25) is 0 Å². The highest BCUT2D eigenvalue weighted by atomic mass is 14.1. The minimum absolute atomic E-state index is 0.994. The highest BCUT2D eigenvalue weighted by Gasteiger charge is 2.10. The van der Waals surface area contributed by atoms with E-state index in [1.807, 2.05) is 60.7 Å². The SMILES string of the molecule is C(#Cc1cccc2cc3cc4ccccc4cc3c(C#Cc3ccccc3)c12)c1ccccc1. The van der Waals surface area contributed by atoms with Crippen molar-refractivity contribution in [1.29, 1.82) is 0 Å². The number of fused-ring (bicyclic) bond motifs is 3. The van der Waals surface area contributed by atoms with E-state index in [4.69, 9.17) is 0 Å². The molecular formula is C34H20. The molecule has 0 aliphatic rings. The fourth-order valence-electron chi connectivity index (χ4n) is 4.42. The summed E-state index contributed by atoms with van der Waals surface area (Å²) in [5, 5.41) is 7.05. The van der Waals surface area contributed by atoms with Gasteiger partial charge in [-0.15, -0.1) is 0 Å². The van der Waals surface area contributed by atoms with Crippen molar-refractivity contribution in [1.82, 2.24) is 0 Å². The van der Waals surface area contributed by atoms with Gasteiger partial charge >= 0.3 is 0 Å². The van der Waals surface area contributed by atoms with Crippen LogP contribution in [0.4, 0.5) is 0 Å². The molecule has 0 spiro atoms. The highest BCUT2D eigenvalue weighted by Crippen LogP contribution is 2.33. The molecule has 0 atom stereocenters. The number of hydrogen-bond donors (Lipinski definition) is 0. The molecule has 0 heterocycles. The third kappa shape index (κ3) is 3.80. The molecular weight excluding hydrogens is 408 g/mol. The second kappa shape index (κ2) is 8.63. The van der Waals surface area contributed by atoms with Gasteiger partial charge in [0.1, 0.15) is 0 Å². The molecule has 156 valence electrons. The lowest BCUT2D eigenvalue weighted by atomic mass is 9.92. The Labute approximate surface area is 199 Å². The van der Waals surface area contributed by atoms with Gasteiger partial charge in [0.25, 0.3) is 0 Å². The van der Waals surface area contributed by atoms with Crippen LogP contribution in [-0.2, 0) is 0 Å². The molecule has 0 aliphatic heterocycles. The van der Waals surface area contributed by atoms with Gasteiger partial charge in [-0.05, 0) is 75.5 Å². The summed E-state index contributed by atoms with van der Waals surface area (Å²) >= 11 is 0. The smallest absolute Gasteiger partial charge is 0.0418 e. The van der Waals surface area contributed by atoms with E-state index >= 15 is 0 Å². The Kier molecular flexibility index (Phi) is 5.04. The van der Waals surface area contributed by atoms with E-state index in [-0.39, 0.29) is 0 Å². The zero-order chi connectivity index (χ0) is 22.7. The molecule has 0 fully saturated rings. The molecule has 6 aromatic rings. The van der Waals surface area contributed by atoms with Crippen molar-refractivity contribution in [3.8, 4) is 23.7 Å². The molecule has 0 radical (unpaired) electrons. The topological polar surface area (TPSA) is 0 Å². The Hall–Kier alpha value is -4.78. The Bertz CT molecular complexity index is 1790.